The molecule has 7 nitrogen and oxygen atoms in total. The van der Waals surface area contributed by atoms with Gasteiger partial charge in [-0.25, -0.2) is 0 Å². The molecule has 0 aliphatic carbocycles. The molecular formula is C32H35N3O4. The Balaban J connectivity index is 1.22. The molecule has 7 heteroatoms. The summed E-state index contributed by atoms with van der Waals surface area (Å²) in [4.78, 5) is 17.9. The Morgan fingerprint density at radius 1 is 0.974 bits per heavy atom. The Kier molecular flexibility index (Phi) is 7.16. The number of carbonyl (C=O) groups is 1. The molecule has 1 N–H and O–H groups in total. The van der Waals surface area contributed by atoms with Gasteiger partial charge in [-0.05, 0) is 93.9 Å². The highest BCUT2D eigenvalue weighted by Gasteiger charge is 2.27. The van der Waals surface area contributed by atoms with E-state index in [-0.39, 0.29) is 11.9 Å². The number of hydrogen-bond donors (Lipinski definition) is 1. The lowest BCUT2D eigenvalue weighted by Crippen LogP contribution is -2.32. The van der Waals surface area contributed by atoms with Gasteiger partial charge in [-0.3, -0.25) is 9.69 Å². The van der Waals surface area contributed by atoms with Crippen molar-refractivity contribution in [3.63, 3.8) is 0 Å². The maximum atomic E-state index is 13.1. The first kappa shape index (κ1) is 25.3. The zero-order valence-electron chi connectivity index (χ0n) is 22.6. The number of carbonyl (C=O) groups excluding carboxylic acids is 1. The predicted octanol–water partition coefficient (Wildman–Crippen LogP) is 6.01. The van der Waals surface area contributed by atoms with Crippen molar-refractivity contribution >= 4 is 28.7 Å². The number of likely N-dealkylation sites (tertiary alicyclic amines) is 1. The topological polar surface area (TPSA) is 63.3 Å². The Bertz CT molecular complexity index is 1400. The van der Waals surface area contributed by atoms with E-state index in [4.69, 9.17) is 14.2 Å². The van der Waals surface area contributed by atoms with Crippen molar-refractivity contribution in [2.45, 2.75) is 32.7 Å². The summed E-state index contributed by atoms with van der Waals surface area (Å²) in [5.74, 6) is 2.01. The number of amides is 1. The molecule has 202 valence electrons. The van der Waals surface area contributed by atoms with Crippen LogP contribution in [-0.4, -0.2) is 56.3 Å². The first-order valence-electron chi connectivity index (χ1n) is 13.8. The molecule has 1 amide bonds. The van der Waals surface area contributed by atoms with Crippen LogP contribution in [0.1, 0.15) is 41.3 Å². The van der Waals surface area contributed by atoms with Crippen molar-refractivity contribution in [1.82, 2.24) is 4.90 Å². The molecule has 0 aromatic heterocycles. The average Bonchev–Trinajstić information content (AvgIpc) is 3.48. The van der Waals surface area contributed by atoms with Gasteiger partial charge in [-0.2, -0.15) is 0 Å². The molecule has 1 fully saturated rings. The Morgan fingerprint density at radius 3 is 2.62 bits per heavy atom. The molecule has 3 aromatic carbocycles. The van der Waals surface area contributed by atoms with Gasteiger partial charge in [0, 0.05) is 29.0 Å². The fourth-order valence-electron chi connectivity index (χ4n) is 5.60. The Labute approximate surface area is 230 Å². The van der Waals surface area contributed by atoms with E-state index < -0.39 is 0 Å². The molecule has 0 saturated carbocycles. The van der Waals surface area contributed by atoms with Crippen LogP contribution >= 0.6 is 0 Å². The zero-order chi connectivity index (χ0) is 26.8. The number of anilines is 3. The predicted molar refractivity (Wildman–Crippen MR) is 154 cm³/mol. The van der Waals surface area contributed by atoms with Crippen molar-refractivity contribution in [2.75, 3.05) is 49.7 Å². The van der Waals surface area contributed by atoms with Gasteiger partial charge in [-0.15, -0.1) is 0 Å². The maximum absolute atomic E-state index is 13.1. The molecule has 6 rings (SSSR count). The molecule has 3 heterocycles. The second-order valence-corrected chi connectivity index (χ2v) is 10.4. The number of benzene rings is 3. The molecule has 0 bridgehead atoms. The van der Waals surface area contributed by atoms with E-state index in [0.717, 1.165) is 40.5 Å². The normalized spacial score (nSPS) is 18.4. The number of aryl methyl sites for hydroxylation is 1. The van der Waals surface area contributed by atoms with Crippen molar-refractivity contribution in [2.24, 2.45) is 0 Å². The Morgan fingerprint density at radius 2 is 1.77 bits per heavy atom. The van der Waals surface area contributed by atoms with Crippen LogP contribution in [0, 0.1) is 6.92 Å². The summed E-state index contributed by atoms with van der Waals surface area (Å²) < 4.78 is 17.6. The number of hydrogen-bond acceptors (Lipinski definition) is 6. The lowest BCUT2D eigenvalue weighted by molar-refractivity contribution is 0.102. The first-order chi connectivity index (χ1) is 19.1. The second kappa shape index (κ2) is 11.0. The zero-order valence-corrected chi connectivity index (χ0v) is 22.6. The van der Waals surface area contributed by atoms with Gasteiger partial charge >= 0.3 is 0 Å². The lowest BCUT2D eigenvalue weighted by atomic mass is 9.99. The van der Waals surface area contributed by atoms with Crippen LogP contribution in [0.2, 0.25) is 0 Å². The Hall–Kier alpha value is -3.97. The van der Waals surface area contributed by atoms with E-state index in [9.17, 15) is 4.79 Å². The van der Waals surface area contributed by atoms with Gasteiger partial charge in [0.25, 0.3) is 5.91 Å². The fraction of sp³-hybridized carbons (Fsp3) is 0.344. The highest BCUT2D eigenvalue weighted by molar-refractivity contribution is 6.05. The lowest BCUT2D eigenvalue weighted by Gasteiger charge is -2.37. The number of nitrogens with one attached hydrogen (secondary N) is 1. The average molecular weight is 526 g/mol. The number of para-hydroxylation sites is 1. The summed E-state index contributed by atoms with van der Waals surface area (Å²) in [6, 6.07) is 19.8. The molecule has 3 aliphatic rings. The molecule has 3 aliphatic heterocycles. The highest BCUT2D eigenvalue weighted by Crippen LogP contribution is 2.41. The molecule has 1 saturated heterocycles. The molecule has 39 heavy (non-hydrogen) atoms. The standard InChI is InChI=1S/C32H35N3O4/c1-22-9-11-25(33-32(36)24-10-12-29-31(20-24)39-18-17-38-29)21-28(22)35-23(2)19-30(26-7-3-4-8-27(26)35)37-16-15-34-13-5-6-14-34/h3-4,7-12,19-21,23H,5-6,13-18H2,1-2H3,(H,33,36). The van der Waals surface area contributed by atoms with Gasteiger partial charge in [0.05, 0.1) is 11.7 Å². The van der Waals surface area contributed by atoms with Crippen LogP contribution in [-0.2, 0) is 4.74 Å². The van der Waals surface area contributed by atoms with Crippen LogP contribution < -0.4 is 19.7 Å². The largest absolute Gasteiger partial charge is 0.492 e. The van der Waals surface area contributed by atoms with Crippen LogP contribution in [0.25, 0.3) is 5.76 Å². The third kappa shape index (κ3) is 5.32. The summed E-state index contributed by atoms with van der Waals surface area (Å²) in [5.41, 5.74) is 5.61. The summed E-state index contributed by atoms with van der Waals surface area (Å²) >= 11 is 0. The monoisotopic (exact) mass is 525 g/mol. The fourth-order valence-corrected chi connectivity index (χ4v) is 5.60. The van der Waals surface area contributed by atoms with Gasteiger partial charge in [-0.1, -0.05) is 18.2 Å². The molecular weight excluding hydrogens is 490 g/mol. The van der Waals surface area contributed by atoms with Gasteiger partial charge in [0.15, 0.2) is 11.5 Å². The van der Waals surface area contributed by atoms with E-state index in [0.29, 0.717) is 36.9 Å². The summed E-state index contributed by atoms with van der Waals surface area (Å²) in [6.07, 6.45) is 4.77. The minimum absolute atomic E-state index is 0.0733. The number of fused-ring (bicyclic) bond motifs is 2. The quantitative estimate of drug-likeness (QED) is 0.408. The van der Waals surface area contributed by atoms with Crippen LogP contribution in [0.5, 0.6) is 11.5 Å². The van der Waals surface area contributed by atoms with Crippen LogP contribution in [0.3, 0.4) is 0 Å². The van der Waals surface area contributed by atoms with Crippen molar-refractivity contribution in [3.8, 4) is 11.5 Å². The molecule has 1 unspecified atom stereocenters. The van der Waals surface area contributed by atoms with Crippen LogP contribution in [0.15, 0.2) is 66.7 Å². The summed E-state index contributed by atoms with van der Waals surface area (Å²) in [7, 11) is 0. The van der Waals surface area contributed by atoms with Gasteiger partial charge < -0.3 is 24.4 Å². The van der Waals surface area contributed by atoms with Crippen molar-refractivity contribution in [1.29, 1.82) is 0 Å². The van der Waals surface area contributed by atoms with E-state index in [1.807, 2.05) is 12.1 Å². The van der Waals surface area contributed by atoms with Gasteiger partial charge in [0.2, 0.25) is 0 Å². The van der Waals surface area contributed by atoms with Crippen molar-refractivity contribution < 1.29 is 19.0 Å². The maximum Gasteiger partial charge on any atom is 0.255 e. The number of ether oxygens (including phenoxy) is 3. The van der Waals surface area contributed by atoms with Crippen molar-refractivity contribution in [3.05, 3.63) is 83.4 Å². The molecule has 0 spiro atoms. The van der Waals surface area contributed by atoms with Gasteiger partial charge in [0.1, 0.15) is 25.6 Å². The van der Waals surface area contributed by atoms with Crippen LogP contribution in [0.4, 0.5) is 17.1 Å². The second-order valence-electron chi connectivity index (χ2n) is 10.4. The number of nitrogens with zero attached hydrogens (tertiary/aromatic N) is 2. The minimum atomic E-state index is -0.192. The molecule has 3 aromatic rings. The van der Waals surface area contributed by atoms with E-state index in [1.54, 1.807) is 18.2 Å². The minimum Gasteiger partial charge on any atom is -0.492 e. The highest BCUT2D eigenvalue weighted by atomic mass is 16.6. The summed E-state index contributed by atoms with van der Waals surface area (Å²) in [5, 5.41) is 3.07. The first-order valence-corrected chi connectivity index (χ1v) is 13.8. The smallest absolute Gasteiger partial charge is 0.255 e. The number of rotatable bonds is 7. The third-order valence-electron chi connectivity index (χ3n) is 7.62. The molecule has 0 radical (unpaired) electrons. The SMILES string of the molecule is Cc1ccc(NC(=O)c2ccc3c(c2)OCCO3)cc1N1c2ccccc2C(OCCN2CCCC2)=CC1C. The summed E-state index contributed by atoms with van der Waals surface area (Å²) in [6.45, 7) is 9.27. The third-order valence-corrected chi connectivity index (χ3v) is 7.62. The van der Waals surface area contributed by atoms with E-state index in [2.05, 4.69) is 65.4 Å². The molecule has 1 atom stereocenters. The van der Waals surface area contributed by atoms with E-state index >= 15 is 0 Å². The van der Waals surface area contributed by atoms with E-state index in [1.165, 1.54) is 25.9 Å².